The first-order valence-corrected chi connectivity index (χ1v) is 8.75. The Labute approximate surface area is 153 Å². The largest absolute Gasteiger partial charge is 0.481 e. The summed E-state index contributed by atoms with van der Waals surface area (Å²) in [6.07, 6.45) is 0. The standard InChI is InChI=1S/C18H23N5OS/c1-12(2)9-19-18(25)22-17-20-15(8-16(21-17)24-3)23-10-13-6-4-5-7-14(13)11-23/h4-8,12H,9-11H2,1-3H3,(H2,19,20,21,22,25). The molecule has 6 nitrogen and oxygen atoms in total. The molecule has 0 bridgehead atoms. The molecule has 2 heterocycles. The van der Waals surface area contributed by atoms with Gasteiger partial charge in [0.1, 0.15) is 5.82 Å². The van der Waals surface area contributed by atoms with Crippen molar-refractivity contribution in [1.29, 1.82) is 0 Å². The molecule has 1 aliphatic rings. The lowest BCUT2D eigenvalue weighted by Gasteiger charge is -2.18. The number of methoxy groups -OCH3 is 1. The normalized spacial score (nSPS) is 12.9. The Kier molecular flexibility index (Phi) is 5.33. The summed E-state index contributed by atoms with van der Waals surface area (Å²) in [6.45, 7) is 6.70. The summed E-state index contributed by atoms with van der Waals surface area (Å²) in [5.41, 5.74) is 2.65. The summed E-state index contributed by atoms with van der Waals surface area (Å²) in [5.74, 6) is 2.27. The second-order valence-electron chi connectivity index (χ2n) is 6.45. The van der Waals surface area contributed by atoms with Crippen LogP contribution in [0, 0.1) is 5.92 Å². The van der Waals surface area contributed by atoms with Crippen molar-refractivity contribution in [2.45, 2.75) is 26.9 Å². The van der Waals surface area contributed by atoms with E-state index < -0.39 is 0 Å². The summed E-state index contributed by atoms with van der Waals surface area (Å²) >= 11 is 5.31. The predicted molar refractivity (Wildman–Crippen MR) is 104 cm³/mol. The number of anilines is 2. The van der Waals surface area contributed by atoms with Gasteiger partial charge >= 0.3 is 0 Å². The Hall–Kier alpha value is -2.41. The molecule has 0 atom stereocenters. The van der Waals surface area contributed by atoms with Crippen molar-refractivity contribution < 1.29 is 4.74 Å². The summed E-state index contributed by atoms with van der Waals surface area (Å²) in [5, 5.41) is 6.72. The lowest BCUT2D eigenvalue weighted by molar-refractivity contribution is 0.397. The van der Waals surface area contributed by atoms with Crippen molar-refractivity contribution >= 4 is 29.1 Å². The maximum atomic E-state index is 5.33. The van der Waals surface area contributed by atoms with E-state index in [0.717, 1.165) is 25.5 Å². The quantitative estimate of drug-likeness (QED) is 0.798. The highest BCUT2D eigenvalue weighted by atomic mass is 32.1. The van der Waals surface area contributed by atoms with Crippen LogP contribution in [0.25, 0.3) is 0 Å². The van der Waals surface area contributed by atoms with Gasteiger partial charge in [-0.1, -0.05) is 38.1 Å². The number of nitrogens with zero attached hydrogens (tertiary/aromatic N) is 3. The fourth-order valence-corrected chi connectivity index (χ4v) is 2.85. The zero-order valence-electron chi connectivity index (χ0n) is 14.7. The topological polar surface area (TPSA) is 62.3 Å². The van der Waals surface area contributed by atoms with Crippen molar-refractivity contribution in [2.75, 3.05) is 23.9 Å². The number of hydrogen-bond acceptors (Lipinski definition) is 5. The van der Waals surface area contributed by atoms with Crippen molar-refractivity contribution in [3.63, 3.8) is 0 Å². The number of hydrogen-bond donors (Lipinski definition) is 2. The zero-order chi connectivity index (χ0) is 17.8. The molecule has 1 aromatic heterocycles. The van der Waals surface area contributed by atoms with E-state index in [0.29, 0.717) is 22.9 Å². The van der Waals surface area contributed by atoms with Crippen molar-refractivity contribution in [3.05, 3.63) is 41.5 Å². The maximum Gasteiger partial charge on any atom is 0.234 e. The van der Waals surface area contributed by atoms with E-state index >= 15 is 0 Å². The van der Waals surface area contributed by atoms with Gasteiger partial charge in [-0.25, -0.2) is 0 Å². The molecule has 0 aliphatic carbocycles. The number of fused-ring (bicyclic) bond motifs is 1. The predicted octanol–water partition coefficient (Wildman–Crippen LogP) is 2.95. The van der Waals surface area contributed by atoms with Gasteiger partial charge in [0.05, 0.1) is 7.11 Å². The van der Waals surface area contributed by atoms with Crippen LogP contribution in [-0.4, -0.2) is 28.7 Å². The van der Waals surface area contributed by atoms with Gasteiger partial charge in [-0.3, -0.25) is 0 Å². The monoisotopic (exact) mass is 357 g/mol. The lowest BCUT2D eigenvalue weighted by atomic mass is 10.1. The van der Waals surface area contributed by atoms with Crippen molar-refractivity contribution in [1.82, 2.24) is 15.3 Å². The van der Waals surface area contributed by atoms with Crippen LogP contribution in [0.15, 0.2) is 30.3 Å². The molecule has 2 N–H and O–H groups in total. The van der Waals surface area contributed by atoms with Crippen LogP contribution in [0.5, 0.6) is 5.88 Å². The fourth-order valence-electron chi connectivity index (χ4n) is 2.67. The van der Waals surface area contributed by atoms with Crippen LogP contribution in [0.4, 0.5) is 11.8 Å². The molecule has 0 unspecified atom stereocenters. The average molecular weight is 357 g/mol. The second kappa shape index (κ2) is 7.65. The van der Waals surface area contributed by atoms with E-state index in [1.54, 1.807) is 7.11 Å². The minimum absolute atomic E-state index is 0.437. The highest BCUT2D eigenvalue weighted by Crippen LogP contribution is 2.29. The molecule has 1 aliphatic heterocycles. The van der Waals surface area contributed by atoms with Crippen molar-refractivity contribution in [2.24, 2.45) is 5.92 Å². The number of benzene rings is 1. The molecule has 25 heavy (non-hydrogen) atoms. The molecule has 7 heteroatoms. The Morgan fingerprint density at radius 2 is 1.92 bits per heavy atom. The highest BCUT2D eigenvalue weighted by molar-refractivity contribution is 7.80. The van der Waals surface area contributed by atoms with Gasteiger partial charge in [-0.15, -0.1) is 0 Å². The van der Waals surface area contributed by atoms with Gasteiger partial charge in [-0.2, -0.15) is 9.97 Å². The minimum Gasteiger partial charge on any atom is -0.481 e. The van der Waals surface area contributed by atoms with Gasteiger partial charge < -0.3 is 20.3 Å². The second-order valence-corrected chi connectivity index (χ2v) is 6.85. The molecule has 0 radical (unpaired) electrons. The van der Waals surface area contributed by atoms with Crippen LogP contribution in [-0.2, 0) is 13.1 Å². The van der Waals surface area contributed by atoms with Crippen LogP contribution < -0.4 is 20.3 Å². The SMILES string of the molecule is COc1cc(N2Cc3ccccc3C2)nc(NC(=S)NCC(C)C)n1. The van der Waals surface area contributed by atoms with Gasteiger partial charge in [0, 0.05) is 25.7 Å². The third-order valence-electron chi connectivity index (χ3n) is 3.96. The van der Waals surface area contributed by atoms with Crippen LogP contribution in [0.3, 0.4) is 0 Å². The van der Waals surface area contributed by atoms with Crippen LogP contribution >= 0.6 is 12.2 Å². The van der Waals surface area contributed by atoms with E-state index in [2.05, 4.69) is 63.6 Å². The van der Waals surface area contributed by atoms with E-state index in [1.807, 2.05) is 6.07 Å². The van der Waals surface area contributed by atoms with E-state index in [1.165, 1.54) is 11.1 Å². The molecule has 0 saturated heterocycles. The molecule has 3 rings (SSSR count). The third kappa shape index (κ3) is 4.36. The molecule has 1 aromatic carbocycles. The van der Waals surface area contributed by atoms with E-state index in [4.69, 9.17) is 17.0 Å². The number of nitrogens with one attached hydrogen (secondary N) is 2. The molecule has 0 saturated carbocycles. The first-order valence-electron chi connectivity index (χ1n) is 8.35. The van der Waals surface area contributed by atoms with Gasteiger partial charge in [-0.05, 0) is 29.3 Å². The third-order valence-corrected chi connectivity index (χ3v) is 4.21. The fraction of sp³-hybridized carbons (Fsp3) is 0.389. The number of aromatic nitrogens is 2. The summed E-state index contributed by atoms with van der Waals surface area (Å²) < 4.78 is 5.33. The van der Waals surface area contributed by atoms with Crippen LogP contribution in [0.2, 0.25) is 0 Å². The molecule has 2 aromatic rings. The van der Waals surface area contributed by atoms with E-state index in [9.17, 15) is 0 Å². The number of ether oxygens (including phenoxy) is 1. The number of thiocarbonyl (C=S) groups is 1. The van der Waals surface area contributed by atoms with Gasteiger partial charge in [0.15, 0.2) is 5.11 Å². The molecule has 132 valence electrons. The minimum atomic E-state index is 0.437. The average Bonchev–Trinajstić information content (AvgIpc) is 3.04. The zero-order valence-corrected chi connectivity index (χ0v) is 15.6. The first kappa shape index (κ1) is 17.4. The highest BCUT2D eigenvalue weighted by Gasteiger charge is 2.21. The summed E-state index contributed by atoms with van der Waals surface area (Å²) in [6, 6.07) is 10.3. The first-order chi connectivity index (χ1) is 12.0. The maximum absolute atomic E-state index is 5.33. The Morgan fingerprint density at radius 1 is 1.24 bits per heavy atom. The van der Waals surface area contributed by atoms with Crippen LogP contribution in [0.1, 0.15) is 25.0 Å². The molecule has 0 amide bonds. The molecular weight excluding hydrogens is 334 g/mol. The summed E-state index contributed by atoms with van der Waals surface area (Å²) in [7, 11) is 1.60. The van der Waals surface area contributed by atoms with Crippen molar-refractivity contribution in [3.8, 4) is 5.88 Å². The smallest absolute Gasteiger partial charge is 0.234 e. The molecule has 0 fully saturated rings. The summed E-state index contributed by atoms with van der Waals surface area (Å²) in [4.78, 5) is 11.1. The Morgan fingerprint density at radius 3 is 2.52 bits per heavy atom. The Bertz CT molecular complexity index is 740. The molecule has 0 spiro atoms. The molecular formula is C18H23N5OS. The van der Waals surface area contributed by atoms with E-state index in [-0.39, 0.29) is 0 Å². The lowest BCUT2D eigenvalue weighted by Crippen LogP contribution is -2.32. The number of rotatable bonds is 5. The Balaban J connectivity index is 1.76. The van der Waals surface area contributed by atoms with Gasteiger partial charge in [0.2, 0.25) is 11.8 Å². The van der Waals surface area contributed by atoms with Gasteiger partial charge in [0.25, 0.3) is 0 Å².